The minimum absolute atomic E-state index is 0.0741. The second-order valence-electron chi connectivity index (χ2n) is 11.5. The first kappa shape index (κ1) is 28.3. The Kier molecular flexibility index (Phi) is 7.25. The Morgan fingerprint density at radius 1 is 0.977 bits per heavy atom. The van der Waals surface area contributed by atoms with Crippen molar-refractivity contribution in [2.75, 3.05) is 66.8 Å². The van der Waals surface area contributed by atoms with Gasteiger partial charge in [-0.15, -0.1) is 0 Å². The molecule has 2 atom stereocenters. The van der Waals surface area contributed by atoms with Gasteiger partial charge >= 0.3 is 12.2 Å². The van der Waals surface area contributed by atoms with Gasteiger partial charge in [-0.3, -0.25) is 0 Å². The van der Waals surface area contributed by atoms with E-state index in [1.54, 1.807) is 24.3 Å². The number of anilines is 4. The Balaban J connectivity index is 1.07. The number of carbonyl (C=O) groups excluding carboxylic acids is 1. The monoisotopic (exact) mass is 607 g/mol. The van der Waals surface area contributed by atoms with E-state index in [4.69, 9.17) is 9.72 Å². The molecule has 2 aromatic heterocycles. The highest BCUT2D eigenvalue weighted by Gasteiger charge is 2.41. The number of morpholine rings is 1. The van der Waals surface area contributed by atoms with Crippen LogP contribution in [0.4, 0.5) is 40.8 Å². The van der Waals surface area contributed by atoms with Crippen LogP contribution < -0.4 is 20.4 Å². The van der Waals surface area contributed by atoms with E-state index < -0.39 is 18.8 Å². The molecular formula is C30H32F3N9O2. The fraction of sp³-hybridized carbons (Fsp3) is 0.400. The summed E-state index contributed by atoms with van der Waals surface area (Å²) < 4.78 is 46.5. The van der Waals surface area contributed by atoms with Crippen LogP contribution in [0.15, 0.2) is 54.7 Å². The molecule has 0 spiro atoms. The number of halogens is 3. The van der Waals surface area contributed by atoms with Crippen molar-refractivity contribution in [2.45, 2.75) is 31.3 Å². The predicted molar refractivity (Wildman–Crippen MR) is 161 cm³/mol. The summed E-state index contributed by atoms with van der Waals surface area (Å²) in [5.41, 5.74) is 3.04. The summed E-state index contributed by atoms with van der Waals surface area (Å²) in [6.45, 7) is 3.86. The van der Waals surface area contributed by atoms with Crippen LogP contribution in [0.3, 0.4) is 0 Å². The Labute approximate surface area is 251 Å². The molecule has 7 rings (SSSR count). The molecule has 0 saturated carbocycles. The molecule has 0 radical (unpaired) electrons. The van der Waals surface area contributed by atoms with E-state index >= 15 is 0 Å². The molecule has 44 heavy (non-hydrogen) atoms. The number of likely N-dealkylation sites (N-methyl/N-ethyl adjacent to an activating group) is 1. The molecule has 3 saturated heterocycles. The van der Waals surface area contributed by atoms with Gasteiger partial charge < -0.3 is 30.1 Å². The molecule has 3 fully saturated rings. The van der Waals surface area contributed by atoms with Crippen LogP contribution >= 0.6 is 0 Å². The molecule has 2 aromatic carbocycles. The number of nitrogens with one attached hydrogen (secondary N) is 2. The molecule has 0 aliphatic carbocycles. The van der Waals surface area contributed by atoms with Crippen LogP contribution in [0.25, 0.3) is 22.4 Å². The van der Waals surface area contributed by atoms with Crippen molar-refractivity contribution < 1.29 is 22.7 Å². The number of urea groups is 1. The van der Waals surface area contributed by atoms with Gasteiger partial charge in [-0.1, -0.05) is 0 Å². The normalized spacial score (nSPS) is 20.5. The number of amides is 2. The highest BCUT2D eigenvalue weighted by molar-refractivity contribution is 6.00. The van der Waals surface area contributed by atoms with Gasteiger partial charge in [-0.25, -0.2) is 19.4 Å². The third kappa shape index (κ3) is 5.86. The fourth-order valence-electron chi connectivity index (χ4n) is 6.05. The van der Waals surface area contributed by atoms with Crippen LogP contribution in [0.5, 0.6) is 0 Å². The maximum atomic E-state index is 13.3. The summed E-state index contributed by atoms with van der Waals surface area (Å²) in [4.78, 5) is 28.7. The number of aromatic nitrogens is 4. The standard InChI is InChI=1S/C30H32F3N9O2/c1-39-10-12-40(13-11-39)22-8-6-21(7-9-22)36-29(43)35-20-4-2-19(3-5-20)26-37-27(41-16-24-14-23(41)17-44-24)25-15-34-42(28(25)38-26)18-30(31,32)33/h2-9,15,23-24H,10-14,16-18H2,1H3,(H2,35,36,43). The van der Waals surface area contributed by atoms with Crippen molar-refractivity contribution in [1.82, 2.24) is 24.6 Å². The molecule has 4 aromatic rings. The van der Waals surface area contributed by atoms with Crippen LogP contribution in [0, 0.1) is 0 Å². The lowest BCUT2D eigenvalue weighted by molar-refractivity contribution is -0.141. The summed E-state index contributed by atoms with van der Waals surface area (Å²) in [6.07, 6.45) is -2.13. The maximum Gasteiger partial charge on any atom is 0.408 e. The quantitative estimate of drug-likeness (QED) is 0.332. The Morgan fingerprint density at radius 3 is 2.27 bits per heavy atom. The molecule has 2 amide bonds. The van der Waals surface area contributed by atoms with Crippen LogP contribution in [0.2, 0.25) is 0 Å². The molecule has 3 aliphatic rings. The topological polar surface area (TPSA) is 104 Å². The van der Waals surface area contributed by atoms with Gasteiger partial charge in [0, 0.05) is 55.3 Å². The van der Waals surface area contributed by atoms with Gasteiger partial charge in [0.25, 0.3) is 0 Å². The average Bonchev–Trinajstić information content (AvgIpc) is 3.74. The number of fused-ring (bicyclic) bond motifs is 3. The highest BCUT2D eigenvalue weighted by atomic mass is 19.4. The molecule has 2 bridgehead atoms. The zero-order valence-corrected chi connectivity index (χ0v) is 24.1. The van der Waals surface area contributed by atoms with Gasteiger partial charge in [0.05, 0.1) is 30.3 Å². The minimum Gasteiger partial charge on any atom is -0.374 e. The van der Waals surface area contributed by atoms with Crippen molar-refractivity contribution in [3.05, 3.63) is 54.7 Å². The number of rotatable bonds is 6. The van der Waals surface area contributed by atoms with Crippen LogP contribution in [0.1, 0.15) is 6.42 Å². The number of alkyl halides is 3. The zero-order chi connectivity index (χ0) is 30.4. The molecule has 2 unspecified atom stereocenters. The lowest BCUT2D eigenvalue weighted by Gasteiger charge is -2.34. The number of nitrogens with zero attached hydrogens (tertiary/aromatic N) is 7. The number of ether oxygens (including phenoxy) is 1. The number of carbonyl (C=O) groups is 1. The molecule has 11 nitrogen and oxygen atoms in total. The van der Waals surface area contributed by atoms with Gasteiger partial charge in [0.15, 0.2) is 11.5 Å². The Bertz CT molecular complexity index is 1650. The smallest absolute Gasteiger partial charge is 0.374 e. The van der Waals surface area contributed by atoms with Crippen molar-refractivity contribution in [3.63, 3.8) is 0 Å². The zero-order valence-electron chi connectivity index (χ0n) is 24.1. The van der Waals surface area contributed by atoms with E-state index in [9.17, 15) is 18.0 Å². The summed E-state index contributed by atoms with van der Waals surface area (Å²) >= 11 is 0. The summed E-state index contributed by atoms with van der Waals surface area (Å²) in [5, 5.41) is 10.1. The van der Waals surface area contributed by atoms with Crippen molar-refractivity contribution >= 4 is 39.9 Å². The van der Waals surface area contributed by atoms with E-state index in [1.807, 2.05) is 24.3 Å². The van der Waals surface area contributed by atoms with Gasteiger partial charge in [-0.05, 0) is 62.0 Å². The van der Waals surface area contributed by atoms with Gasteiger partial charge in [0.1, 0.15) is 12.4 Å². The number of hydrogen-bond acceptors (Lipinski definition) is 8. The first-order valence-electron chi connectivity index (χ1n) is 14.6. The van der Waals surface area contributed by atoms with Crippen molar-refractivity contribution in [1.29, 1.82) is 0 Å². The summed E-state index contributed by atoms with van der Waals surface area (Å²) in [7, 11) is 2.12. The number of piperazine rings is 1. The molecule has 5 heterocycles. The molecule has 3 aliphatic heterocycles. The van der Waals surface area contributed by atoms with E-state index in [0.717, 1.165) is 43.0 Å². The highest BCUT2D eigenvalue weighted by Crippen LogP contribution is 2.36. The van der Waals surface area contributed by atoms with Crippen LogP contribution in [-0.2, 0) is 11.3 Å². The second-order valence-corrected chi connectivity index (χ2v) is 11.5. The Hall–Kier alpha value is -4.43. The maximum absolute atomic E-state index is 13.3. The van der Waals surface area contributed by atoms with E-state index in [0.29, 0.717) is 41.3 Å². The van der Waals surface area contributed by atoms with Crippen molar-refractivity contribution in [2.24, 2.45) is 0 Å². The second kappa shape index (κ2) is 11.2. The van der Waals surface area contributed by atoms with Crippen molar-refractivity contribution in [3.8, 4) is 11.4 Å². The van der Waals surface area contributed by atoms with Gasteiger partial charge in [0.2, 0.25) is 0 Å². The third-order valence-electron chi connectivity index (χ3n) is 8.37. The van der Waals surface area contributed by atoms with E-state index in [-0.39, 0.29) is 23.6 Å². The van der Waals surface area contributed by atoms with Crippen LogP contribution in [-0.4, -0.2) is 95.4 Å². The number of hydrogen-bond donors (Lipinski definition) is 2. The molecule has 2 N–H and O–H groups in total. The number of benzene rings is 2. The fourth-order valence-corrected chi connectivity index (χ4v) is 6.05. The molecule has 230 valence electrons. The summed E-state index contributed by atoms with van der Waals surface area (Å²) in [5.74, 6) is 0.825. The summed E-state index contributed by atoms with van der Waals surface area (Å²) in [6, 6.07) is 14.3. The SMILES string of the molecule is CN1CCN(c2ccc(NC(=O)Nc3ccc(-c4nc(N5CC6CC5CO6)c5cnn(CC(F)(F)F)c5n4)cc3)cc2)CC1. The van der Waals surface area contributed by atoms with Gasteiger partial charge in [-0.2, -0.15) is 18.3 Å². The largest absolute Gasteiger partial charge is 0.408 e. The van der Waals surface area contributed by atoms with E-state index in [1.165, 1.54) is 6.20 Å². The average molecular weight is 608 g/mol. The molecular weight excluding hydrogens is 575 g/mol. The first-order chi connectivity index (χ1) is 21.2. The Morgan fingerprint density at radius 2 is 1.66 bits per heavy atom. The predicted octanol–water partition coefficient (Wildman–Crippen LogP) is 4.43. The van der Waals surface area contributed by atoms with E-state index in [2.05, 4.69) is 42.5 Å². The lowest BCUT2D eigenvalue weighted by Crippen LogP contribution is -2.44. The first-order valence-corrected chi connectivity index (χ1v) is 14.6. The minimum atomic E-state index is -4.45. The molecule has 14 heteroatoms. The third-order valence-corrected chi connectivity index (χ3v) is 8.37. The lowest BCUT2D eigenvalue weighted by atomic mass is 10.2.